The van der Waals surface area contributed by atoms with Crippen LogP contribution in [0.5, 0.6) is 0 Å². The molecule has 0 aliphatic heterocycles. The summed E-state index contributed by atoms with van der Waals surface area (Å²) >= 11 is 0. The van der Waals surface area contributed by atoms with Crippen molar-refractivity contribution in [3.63, 3.8) is 0 Å². The summed E-state index contributed by atoms with van der Waals surface area (Å²) in [6.07, 6.45) is 1.03. The highest BCUT2D eigenvalue weighted by Gasteiger charge is 2.13. The number of aliphatic hydroxyl groups excluding tert-OH is 1. The van der Waals surface area contributed by atoms with Crippen molar-refractivity contribution in [2.75, 3.05) is 6.61 Å². The highest BCUT2D eigenvalue weighted by Crippen LogP contribution is 2.22. The number of hydrogen-bond acceptors (Lipinski definition) is 4. The van der Waals surface area contributed by atoms with Gasteiger partial charge in [0.15, 0.2) is 5.57 Å². The molecule has 0 atom stereocenters. The summed E-state index contributed by atoms with van der Waals surface area (Å²) in [6, 6.07) is 9.69. The van der Waals surface area contributed by atoms with Crippen LogP contribution in [0.25, 0.3) is 0 Å². The third-order valence-electron chi connectivity index (χ3n) is 2.91. The molecule has 1 N–H and O–H groups in total. The molecule has 0 spiro atoms. The molecule has 0 saturated carbocycles. The number of aliphatic hydroxyl groups is 1. The first-order chi connectivity index (χ1) is 9.38. The first-order valence-electron chi connectivity index (χ1n) is 6.39. The van der Waals surface area contributed by atoms with Gasteiger partial charge in [-0.3, -0.25) is 0 Å². The number of nitriles is 1. The Morgan fingerprint density at radius 1 is 1.35 bits per heavy atom. The van der Waals surface area contributed by atoms with Crippen molar-refractivity contribution in [3.05, 3.63) is 47.2 Å². The smallest absolute Gasteiger partial charge is 0.352 e. The van der Waals surface area contributed by atoms with Gasteiger partial charge in [-0.1, -0.05) is 45.0 Å². The van der Waals surface area contributed by atoms with Gasteiger partial charge in [0.2, 0.25) is 0 Å². The lowest BCUT2D eigenvalue weighted by atomic mass is 9.86. The molecule has 0 saturated heterocycles. The number of hydrogen-bond donors (Lipinski definition) is 1. The van der Waals surface area contributed by atoms with Crippen molar-refractivity contribution in [2.45, 2.75) is 32.6 Å². The SMILES string of the molecule is CC(C)(C)c1ccc(CCOC(=O)/C(C#N)=C\O)cc1. The predicted octanol–water partition coefficient (Wildman–Crippen LogP) is 3.04. The second kappa shape index (κ2) is 6.76. The van der Waals surface area contributed by atoms with Crippen molar-refractivity contribution in [1.82, 2.24) is 0 Å². The van der Waals surface area contributed by atoms with Gasteiger partial charge in [-0.15, -0.1) is 0 Å². The van der Waals surface area contributed by atoms with E-state index in [9.17, 15) is 4.79 Å². The Morgan fingerprint density at radius 3 is 2.40 bits per heavy atom. The summed E-state index contributed by atoms with van der Waals surface area (Å²) in [5.74, 6) is -0.804. The average molecular weight is 273 g/mol. The fourth-order valence-electron chi connectivity index (χ4n) is 1.64. The Balaban J connectivity index is 2.52. The van der Waals surface area contributed by atoms with E-state index in [2.05, 4.69) is 32.9 Å². The number of benzene rings is 1. The normalized spacial score (nSPS) is 11.8. The third-order valence-corrected chi connectivity index (χ3v) is 2.91. The number of ether oxygens (including phenoxy) is 1. The fraction of sp³-hybridized carbons (Fsp3) is 0.375. The van der Waals surface area contributed by atoms with Crippen LogP contribution in [0.3, 0.4) is 0 Å². The van der Waals surface area contributed by atoms with E-state index in [1.165, 1.54) is 5.56 Å². The molecule has 1 rings (SSSR count). The van der Waals surface area contributed by atoms with Crippen LogP contribution in [0.2, 0.25) is 0 Å². The van der Waals surface area contributed by atoms with Gasteiger partial charge >= 0.3 is 5.97 Å². The van der Waals surface area contributed by atoms with Crippen LogP contribution in [0.4, 0.5) is 0 Å². The number of nitrogens with zero attached hydrogens (tertiary/aromatic N) is 1. The maximum atomic E-state index is 11.3. The summed E-state index contributed by atoms with van der Waals surface area (Å²) in [6.45, 7) is 6.62. The Hall–Kier alpha value is -2.28. The predicted molar refractivity (Wildman–Crippen MR) is 76.1 cm³/mol. The highest BCUT2D eigenvalue weighted by molar-refractivity contribution is 5.92. The molecule has 0 aliphatic carbocycles. The number of carbonyl (C=O) groups is 1. The average Bonchev–Trinajstić information content (AvgIpc) is 2.39. The van der Waals surface area contributed by atoms with E-state index in [0.717, 1.165) is 5.56 Å². The zero-order chi connectivity index (χ0) is 15.2. The van der Waals surface area contributed by atoms with Gasteiger partial charge in [0, 0.05) is 6.42 Å². The summed E-state index contributed by atoms with van der Waals surface area (Å²) in [7, 11) is 0. The number of esters is 1. The summed E-state index contributed by atoms with van der Waals surface area (Å²) < 4.78 is 4.90. The minimum absolute atomic E-state index is 0.110. The minimum Gasteiger partial charge on any atom is -0.514 e. The van der Waals surface area contributed by atoms with Crippen LogP contribution in [0, 0.1) is 11.3 Å². The molecule has 0 unspecified atom stereocenters. The van der Waals surface area contributed by atoms with Crippen LogP contribution >= 0.6 is 0 Å². The maximum absolute atomic E-state index is 11.3. The first kappa shape index (κ1) is 15.8. The Bertz CT molecular complexity index is 530. The molecule has 4 nitrogen and oxygen atoms in total. The molecule has 0 aromatic heterocycles. The van der Waals surface area contributed by atoms with Crippen LogP contribution in [0.1, 0.15) is 31.9 Å². The largest absolute Gasteiger partial charge is 0.514 e. The molecule has 4 heteroatoms. The molecule has 1 aromatic carbocycles. The van der Waals surface area contributed by atoms with Crippen molar-refractivity contribution in [1.29, 1.82) is 5.26 Å². The van der Waals surface area contributed by atoms with Gasteiger partial charge in [-0.2, -0.15) is 5.26 Å². The van der Waals surface area contributed by atoms with Crippen molar-refractivity contribution in [2.24, 2.45) is 0 Å². The molecule has 0 aliphatic rings. The summed E-state index contributed by atoms with van der Waals surface area (Å²) in [5.41, 5.74) is 2.01. The lowest BCUT2D eigenvalue weighted by molar-refractivity contribution is -0.138. The zero-order valence-corrected chi connectivity index (χ0v) is 12.0. The fourth-order valence-corrected chi connectivity index (χ4v) is 1.64. The summed E-state index contributed by atoms with van der Waals surface area (Å²) in [4.78, 5) is 11.3. The lowest BCUT2D eigenvalue weighted by Crippen LogP contribution is -2.11. The molecule has 20 heavy (non-hydrogen) atoms. The topological polar surface area (TPSA) is 70.3 Å². The lowest BCUT2D eigenvalue weighted by Gasteiger charge is -2.19. The second-order valence-corrected chi connectivity index (χ2v) is 5.49. The second-order valence-electron chi connectivity index (χ2n) is 5.49. The molecule has 0 bridgehead atoms. The van der Waals surface area contributed by atoms with Gasteiger partial charge < -0.3 is 9.84 Å². The van der Waals surface area contributed by atoms with Crippen LogP contribution < -0.4 is 0 Å². The van der Waals surface area contributed by atoms with E-state index in [1.54, 1.807) is 6.07 Å². The van der Waals surface area contributed by atoms with Gasteiger partial charge in [-0.25, -0.2) is 4.79 Å². The van der Waals surface area contributed by atoms with Crippen LogP contribution in [-0.4, -0.2) is 17.7 Å². The molecule has 0 amide bonds. The molecular formula is C16H19NO3. The van der Waals surface area contributed by atoms with Gasteiger partial charge in [0.1, 0.15) is 12.3 Å². The third kappa shape index (κ3) is 4.43. The van der Waals surface area contributed by atoms with Crippen molar-refractivity contribution >= 4 is 5.97 Å². The monoisotopic (exact) mass is 273 g/mol. The zero-order valence-electron chi connectivity index (χ0n) is 12.0. The standard InChI is InChI=1S/C16H19NO3/c1-16(2,3)14-6-4-12(5-7-14)8-9-20-15(19)13(10-17)11-18/h4-7,11,18H,8-9H2,1-3H3/b13-11-. The van der Waals surface area contributed by atoms with Gasteiger partial charge in [0.25, 0.3) is 0 Å². The van der Waals surface area contributed by atoms with Crippen LogP contribution in [0.15, 0.2) is 36.1 Å². The Labute approximate surface area is 119 Å². The maximum Gasteiger partial charge on any atom is 0.352 e. The summed E-state index contributed by atoms with van der Waals surface area (Å²) in [5, 5.41) is 17.2. The minimum atomic E-state index is -0.804. The van der Waals surface area contributed by atoms with E-state index in [0.29, 0.717) is 12.7 Å². The van der Waals surface area contributed by atoms with E-state index in [4.69, 9.17) is 15.1 Å². The first-order valence-corrected chi connectivity index (χ1v) is 6.39. The molecule has 106 valence electrons. The van der Waals surface area contributed by atoms with E-state index < -0.39 is 11.5 Å². The molecule has 0 fully saturated rings. The van der Waals surface area contributed by atoms with E-state index in [-0.39, 0.29) is 12.0 Å². The van der Waals surface area contributed by atoms with Crippen molar-refractivity contribution < 1.29 is 14.6 Å². The van der Waals surface area contributed by atoms with Crippen molar-refractivity contribution in [3.8, 4) is 6.07 Å². The number of carbonyl (C=O) groups excluding carboxylic acids is 1. The van der Waals surface area contributed by atoms with Gasteiger partial charge in [0.05, 0.1) is 6.61 Å². The molecule has 1 aromatic rings. The van der Waals surface area contributed by atoms with Gasteiger partial charge in [-0.05, 0) is 16.5 Å². The van der Waals surface area contributed by atoms with Crippen LogP contribution in [-0.2, 0) is 21.4 Å². The molecule has 0 heterocycles. The van der Waals surface area contributed by atoms with E-state index >= 15 is 0 Å². The Kier molecular flexibility index (Phi) is 5.33. The molecule has 0 radical (unpaired) electrons. The quantitative estimate of drug-likeness (QED) is 0.396. The Morgan fingerprint density at radius 2 is 1.95 bits per heavy atom. The number of rotatable bonds is 4. The molecular weight excluding hydrogens is 254 g/mol. The highest BCUT2D eigenvalue weighted by atomic mass is 16.5. The van der Waals surface area contributed by atoms with E-state index in [1.807, 2.05) is 12.1 Å².